The largest absolute Gasteiger partial charge is 0.393 e. The highest BCUT2D eigenvalue weighted by molar-refractivity contribution is 9.10. The minimum Gasteiger partial charge on any atom is -0.393 e. The van der Waals surface area contributed by atoms with E-state index >= 15 is 0 Å². The summed E-state index contributed by atoms with van der Waals surface area (Å²) in [4.78, 5) is 13.2. The van der Waals surface area contributed by atoms with Crippen LogP contribution in [0.1, 0.15) is 18.3 Å². The van der Waals surface area contributed by atoms with Crippen molar-refractivity contribution in [3.05, 3.63) is 45.6 Å². The molecular weight excluding hydrogens is 430 g/mol. The highest BCUT2D eigenvalue weighted by atomic mass is 79.9. The molecule has 4 aromatic rings. The van der Waals surface area contributed by atoms with Gasteiger partial charge in [-0.25, -0.2) is 14.6 Å². The van der Waals surface area contributed by atoms with E-state index in [1.165, 1.54) is 11.3 Å². The van der Waals surface area contributed by atoms with Crippen LogP contribution in [0.5, 0.6) is 0 Å². The molecule has 138 valence electrons. The maximum atomic E-state index is 9.53. The SMILES string of the molecule is CC(O)Cc1cccc(Cn2cc(-c3nc(N)nc4c(Br)csc34)nn2)n1. The van der Waals surface area contributed by atoms with E-state index in [0.29, 0.717) is 24.4 Å². The van der Waals surface area contributed by atoms with Gasteiger partial charge in [0.2, 0.25) is 5.95 Å². The number of thiophene rings is 1. The fraction of sp³-hybridized carbons (Fsp3) is 0.235. The molecule has 1 atom stereocenters. The second-order valence-corrected chi connectivity index (χ2v) is 7.90. The predicted octanol–water partition coefficient (Wildman–Crippen LogP) is 2.66. The van der Waals surface area contributed by atoms with Crippen molar-refractivity contribution in [3.63, 3.8) is 0 Å². The number of halogens is 1. The normalized spacial score (nSPS) is 12.6. The van der Waals surface area contributed by atoms with Crippen molar-refractivity contribution in [3.8, 4) is 11.4 Å². The molecule has 1 unspecified atom stereocenters. The number of aliphatic hydroxyl groups excluding tert-OH is 1. The number of nitrogen functional groups attached to an aromatic ring is 1. The molecule has 0 saturated heterocycles. The first-order valence-electron chi connectivity index (χ1n) is 8.23. The molecule has 0 radical (unpaired) electrons. The summed E-state index contributed by atoms with van der Waals surface area (Å²) in [5, 5.41) is 19.9. The van der Waals surface area contributed by atoms with E-state index in [4.69, 9.17) is 5.73 Å². The fourth-order valence-electron chi connectivity index (χ4n) is 2.77. The summed E-state index contributed by atoms with van der Waals surface area (Å²) in [7, 11) is 0. The summed E-state index contributed by atoms with van der Waals surface area (Å²) in [6.45, 7) is 2.22. The maximum Gasteiger partial charge on any atom is 0.221 e. The molecule has 4 aromatic heterocycles. The summed E-state index contributed by atoms with van der Waals surface area (Å²) in [6, 6.07) is 5.75. The van der Waals surface area contributed by atoms with E-state index in [1.807, 2.05) is 29.8 Å². The molecular formula is C17H16BrN7OS. The molecule has 0 saturated carbocycles. The Morgan fingerprint density at radius 3 is 2.89 bits per heavy atom. The zero-order chi connectivity index (χ0) is 19.0. The van der Waals surface area contributed by atoms with E-state index in [-0.39, 0.29) is 5.95 Å². The van der Waals surface area contributed by atoms with Gasteiger partial charge in [-0.3, -0.25) is 4.98 Å². The van der Waals surface area contributed by atoms with Crippen LogP contribution in [0.15, 0.2) is 34.2 Å². The van der Waals surface area contributed by atoms with Crippen LogP contribution >= 0.6 is 27.3 Å². The number of anilines is 1. The van der Waals surface area contributed by atoms with E-state index in [1.54, 1.807) is 11.6 Å². The number of hydrogen-bond donors (Lipinski definition) is 2. The Bertz CT molecular complexity index is 1110. The zero-order valence-electron chi connectivity index (χ0n) is 14.4. The predicted molar refractivity (Wildman–Crippen MR) is 107 cm³/mol. The van der Waals surface area contributed by atoms with Gasteiger partial charge in [0.05, 0.1) is 33.7 Å². The van der Waals surface area contributed by atoms with Crippen molar-refractivity contribution >= 4 is 43.4 Å². The Morgan fingerprint density at radius 2 is 2.07 bits per heavy atom. The van der Waals surface area contributed by atoms with E-state index < -0.39 is 6.10 Å². The quantitative estimate of drug-likeness (QED) is 0.484. The molecule has 0 aromatic carbocycles. The van der Waals surface area contributed by atoms with Gasteiger partial charge in [0.1, 0.15) is 16.9 Å². The lowest BCUT2D eigenvalue weighted by molar-refractivity contribution is 0.194. The molecule has 0 aliphatic carbocycles. The van der Waals surface area contributed by atoms with Gasteiger partial charge in [0.15, 0.2) is 0 Å². The molecule has 10 heteroatoms. The molecule has 0 aliphatic rings. The van der Waals surface area contributed by atoms with Crippen molar-refractivity contribution in [2.75, 3.05) is 5.73 Å². The molecule has 4 rings (SSSR count). The Kier molecular flexibility index (Phi) is 4.85. The topological polar surface area (TPSA) is 116 Å². The summed E-state index contributed by atoms with van der Waals surface area (Å²) in [6.07, 6.45) is 1.90. The van der Waals surface area contributed by atoms with Crippen LogP contribution in [0.2, 0.25) is 0 Å². The molecule has 0 spiro atoms. The second-order valence-electron chi connectivity index (χ2n) is 6.17. The highest BCUT2D eigenvalue weighted by Gasteiger charge is 2.16. The van der Waals surface area contributed by atoms with Crippen LogP contribution in [0, 0.1) is 0 Å². The second kappa shape index (κ2) is 7.29. The monoisotopic (exact) mass is 445 g/mol. The average Bonchev–Trinajstić information content (AvgIpc) is 3.21. The first kappa shape index (κ1) is 18.0. The van der Waals surface area contributed by atoms with Gasteiger partial charge in [-0.05, 0) is 35.0 Å². The van der Waals surface area contributed by atoms with Gasteiger partial charge >= 0.3 is 0 Å². The maximum absolute atomic E-state index is 9.53. The van der Waals surface area contributed by atoms with Crippen LogP contribution in [0.4, 0.5) is 5.95 Å². The molecule has 0 aliphatic heterocycles. The number of aliphatic hydroxyl groups is 1. The third kappa shape index (κ3) is 3.82. The Hall–Kier alpha value is -2.43. The molecule has 3 N–H and O–H groups in total. The first-order valence-corrected chi connectivity index (χ1v) is 9.90. The van der Waals surface area contributed by atoms with E-state index in [0.717, 1.165) is 26.1 Å². The molecule has 0 amide bonds. The Morgan fingerprint density at radius 1 is 1.26 bits per heavy atom. The molecule has 4 heterocycles. The average molecular weight is 446 g/mol. The molecule has 0 bridgehead atoms. The third-order valence-corrected chi connectivity index (χ3v) is 5.75. The summed E-state index contributed by atoms with van der Waals surface area (Å²) in [5.74, 6) is 0.193. The minimum atomic E-state index is -0.429. The highest BCUT2D eigenvalue weighted by Crippen LogP contribution is 2.35. The van der Waals surface area contributed by atoms with E-state index in [9.17, 15) is 5.11 Å². The fourth-order valence-corrected chi connectivity index (χ4v) is 4.33. The van der Waals surface area contributed by atoms with Gasteiger partial charge < -0.3 is 10.8 Å². The third-order valence-electron chi connectivity index (χ3n) is 3.86. The number of nitrogens with zero attached hydrogens (tertiary/aromatic N) is 6. The van der Waals surface area contributed by atoms with Gasteiger partial charge in [-0.2, -0.15) is 0 Å². The van der Waals surface area contributed by atoms with Gasteiger partial charge in [-0.15, -0.1) is 16.4 Å². The van der Waals surface area contributed by atoms with Crippen LogP contribution in [0.3, 0.4) is 0 Å². The van der Waals surface area contributed by atoms with Gasteiger partial charge in [0, 0.05) is 17.5 Å². The van der Waals surface area contributed by atoms with Crippen molar-refractivity contribution in [1.29, 1.82) is 0 Å². The number of aromatic nitrogens is 6. The summed E-state index contributed by atoms with van der Waals surface area (Å²) >= 11 is 5.00. The number of nitrogens with two attached hydrogens (primary N) is 1. The lowest BCUT2D eigenvalue weighted by atomic mass is 10.2. The number of rotatable bonds is 5. The van der Waals surface area contributed by atoms with Crippen LogP contribution in [0.25, 0.3) is 21.6 Å². The lowest BCUT2D eigenvalue weighted by Gasteiger charge is -2.06. The molecule has 0 fully saturated rings. The summed E-state index contributed by atoms with van der Waals surface area (Å²) < 4.78 is 3.49. The van der Waals surface area contributed by atoms with Crippen molar-refractivity contribution in [2.45, 2.75) is 26.0 Å². The molecule has 27 heavy (non-hydrogen) atoms. The standard InChI is InChI=1S/C17H16BrN7OS/c1-9(26)5-10-3-2-4-11(20-10)6-25-7-13(23-24-25)15-16-14(12(18)8-27-16)21-17(19)22-15/h2-4,7-9,26H,5-6H2,1H3,(H2,19,21,22). The van der Waals surface area contributed by atoms with Crippen molar-refractivity contribution in [1.82, 2.24) is 29.9 Å². The van der Waals surface area contributed by atoms with Gasteiger partial charge in [0.25, 0.3) is 0 Å². The van der Waals surface area contributed by atoms with Crippen LogP contribution < -0.4 is 5.73 Å². The number of hydrogen-bond acceptors (Lipinski definition) is 8. The van der Waals surface area contributed by atoms with Crippen molar-refractivity contribution in [2.24, 2.45) is 0 Å². The number of fused-ring (bicyclic) bond motifs is 1. The van der Waals surface area contributed by atoms with Crippen LogP contribution in [-0.4, -0.2) is 41.2 Å². The molecule has 8 nitrogen and oxygen atoms in total. The lowest BCUT2D eigenvalue weighted by Crippen LogP contribution is -2.08. The smallest absolute Gasteiger partial charge is 0.221 e. The Balaban J connectivity index is 1.63. The minimum absolute atomic E-state index is 0.193. The van der Waals surface area contributed by atoms with Crippen molar-refractivity contribution < 1.29 is 5.11 Å². The van der Waals surface area contributed by atoms with Gasteiger partial charge in [-0.1, -0.05) is 11.3 Å². The first-order chi connectivity index (χ1) is 13.0. The number of pyridine rings is 1. The van der Waals surface area contributed by atoms with E-state index in [2.05, 4.69) is 41.2 Å². The zero-order valence-corrected chi connectivity index (χ0v) is 16.8. The summed E-state index contributed by atoms with van der Waals surface area (Å²) in [5.41, 5.74) is 9.60. The van der Waals surface area contributed by atoms with Crippen LogP contribution in [-0.2, 0) is 13.0 Å². The Labute approximate surface area is 167 Å².